The number of carbonyl (C=O) groups is 2. The van der Waals surface area contributed by atoms with Crippen LogP contribution in [-0.2, 0) is 4.79 Å². The maximum Gasteiger partial charge on any atom is 0.298 e. The Morgan fingerprint density at radius 3 is 2.68 bits per heavy atom. The quantitative estimate of drug-likeness (QED) is 0.811. The van der Waals surface area contributed by atoms with Crippen LogP contribution in [0.2, 0.25) is 0 Å². The van der Waals surface area contributed by atoms with Crippen molar-refractivity contribution < 1.29 is 24.5 Å². The number of ether oxygens (including phenoxy) is 1. The molecule has 2 aromatic carbocycles. The standard InChI is InChI=1S/C18H15NO5S/c1-2-24-15-8-11(6-7-14(15)21)9-16-17(22)19(18(23)25-16)12-4-3-5-13(20)10-12/h3-10,20-21H,2H2,1H3/b16-9-. The van der Waals surface area contributed by atoms with Crippen molar-refractivity contribution in [1.29, 1.82) is 0 Å². The minimum atomic E-state index is -0.466. The van der Waals surface area contributed by atoms with Gasteiger partial charge in [0.2, 0.25) is 0 Å². The number of phenols is 2. The summed E-state index contributed by atoms with van der Waals surface area (Å²) in [7, 11) is 0. The zero-order valence-corrected chi connectivity index (χ0v) is 14.1. The molecular weight excluding hydrogens is 342 g/mol. The second kappa shape index (κ2) is 6.90. The number of phenolic OH excluding ortho intramolecular Hbond substituents is 2. The number of carbonyl (C=O) groups excluding carboxylic acids is 2. The number of imide groups is 1. The highest BCUT2D eigenvalue weighted by molar-refractivity contribution is 8.19. The lowest BCUT2D eigenvalue weighted by Gasteiger charge is -2.12. The van der Waals surface area contributed by atoms with Gasteiger partial charge < -0.3 is 14.9 Å². The lowest BCUT2D eigenvalue weighted by atomic mass is 10.2. The summed E-state index contributed by atoms with van der Waals surface area (Å²) in [5.74, 6) is -0.178. The summed E-state index contributed by atoms with van der Waals surface area (Å²) in [5.41, 5.74) is 0.939. The van der Waals surface area contributed by atoms with Crippen LogP contribution in [0, 0.1) is 0 Å². The normalized spacial score (nSPS) is 15.9. The lowest BCUT2D eigenvalue weighted by molar-refractivity contribution is -0.113. The molecule has 0 aliphatic carbocycles. The number of anilines is 1. The van der Waals surface area contributed by atoms with Gasteiger partial charge in [-0.15, -0.1) is 0 Å². The van der Waals surface area contributed by atoms with Crippen LogP contribution in [-0.4, -0.2) is 28.0 Å². The largest absolute Gasteiger partial charge is 0.508 e. The average Bonchev–Trinajstić information content (AvgIpc) is 2.85. The first-order valence-electron chi connectivity index (χ1n) is 7.52. The molecule has 6 nitrogen and oxygen atoms in total. The summed E-state index contributed by atoms with van der Waals surface area (Å²) < 4.78 is 5.32. The number of aromatic hydroxyl groups is 2. The van der Waals surface area contributed by atoms with Crippen molar-refractivity contribution in [2.24, 2.45) is 0 Å². The van der Waals surface area contributed by atoms with Crippen LogP contribution in [0.4, 0.5) is 10.5 Å². The maximum absolute atomic E-state index is 12.6. The third kappa shape index (κ3) is 3.46. The fraction of sp³-hybridized carbons (Fsp3) is 0.111. The first kappa shape index (κ1) is 16.9. The van der Waals surface area contributed by atoms with Gasteiger partial charge in [-0.3, -0.25) is 9.59 Å². The number of benzene rings is 2. The first-order valence-corrected chi connectivity index (χ1v) is 8.34. The van der Waals surface area contributed by atoms with Crippen LogP contribution < -0.4 is 9.64 Å². The van der Waals surface area contributed by atoms with E-state index in [-0.39, 0.29) is 16.4 Å². The van der Waals surface area contributed by atoms with Gasteiger partial charge in [-0.1, -0.05) is 12.1 Å². The minimum Gasteiger partial charge on any atom is -0.508 e. The van der Waals surface area contributed by atoms with Crippen LogP contribution in [0.3, 0.4) is 0 Å². The van der Waals surface area contributed by atoms with Gasteiger partial charge in [-0.05, 0) is 54.6 Å². The Labute approximate surface area is 148 Å². The molecule has 7 heteroatoms. The Bertz CT molecular complexity index is 878. The monoisotopic (exact) mass is 357 g/mol. The van der Waals surface area contributed by atoms with Crippen LogP contribution in [0.1, 0.15) is 12.5 Å². The van der Waals surface area contributed by atoms with Crippen LogP contribution in [0.25, 0.3) is 6.08 Å². The van der Waals surface area contributed by atoms with Gasteiger partial charge in [0, 0.05) is 6.07 Å². The van der Waals surface area contributed by atoms with E-state index in [9.17, 15) is 19.8 Å². The molecule has 0 spiro atoms. The van der Waals surface area contributed by atoms with Crippen LogP contribution in [0.15, 0.2) is 47.4 Å². The first-order chi connectivity index (χ1) is 12.0. The Kier molecular flexibility index (Phi) is 4.67. The molecule has 1 aliphatic rings. The molecule has 0 aromatic heterocycles. The van der Waals surface area contributed by atoms with Crippen molar-refractivity contribution in [1.82, 2.24) is 0 Å². The fourth-order valence-electron chi connectivity index (χ4n) is 2.37. The molecule has 0 atom stereocenters. The second-order valence-electron chi connectivity index (χ2n) is 5.20. The predicted molar refractivity (Wildman–Crippen MR) is 95.8 cm³/mol. The van der Waals surface area contributed by atoms with Gasteiger partial charge in [-0.25, -0.2) is 4.90 Å². The van der Waals surface area contributed by atoms with E-state index in [0.29, 0.717) is 23.6 Å². The Balaban J connectivity index is 1.92. The van der Waals surface area contributed by atoms with E-state index in [4.69, 9.17) is 4.74 Å². The molecule has 2 aromatic rings. The van der Waals surface area contributed by atoms with Gasteiger partial charge in [0.25, 0.3) is 11.1 Å². The summed E-state index contributed by atoms with van der Waals surface area (Å²) >= 11 is 0.814. The van der Waals surface area contributed by atoms with Gasteiger partial charge in [0.15, 0.2) is 11.5 Å². The van der Waals surface area contributed by atoms with E-state index >= 15 is 0 Å². The molecule has 2 amide bonds. The molecule has 1 saturated heterocycles. The van der Waals surface area contributed by atoms with E-state index in [1.807, 2.05) is 0 Å². The number of rotatable bonds is 4. The summed E-state index contributed by atoms with van der Waals surface area (Å²) in [6.07, 6.45) is 1.57. The smallest absolute Gasteiger partial charge is 0.298 e. The molecule has 0 saturated carbocycles. The topological polar surface area (TPSA) is 87.1 Å². The summed E-state index contributed by atoms with van der Waals surface area (Å²) in [4.78, 5) is 26.0. The Morgan fingerprint density at radius 2 is 1.96 bits per heavy atom. The van der Waals surface area contributed by atoms with E-state index in [2.05, 4.69) is 0 Å². The highest BCUT2D eigenvalue weighted by atomic mass is 32.2. The van der Waals surface area contributed by atoms with Crippen molar-refractivity contribution in [2.75, 3.05) is 11.5 Å². The molecule has 25 heavy (non-hydrogen) atoms. The predicted octanol–water partition coefficient (Wildman–Crippen LogP) is 3.74. The third-order valence-corrected chi connectivity index (χ3v) is 4.33. The third-order valence-electron chi connectivity index (χ3n) is 3.46. The van der Waals surface area contributed by atoms with E-state index in [0.717, 1.165) is 16.7 Å². The van der Waals surface area contributed by atoms with Gasteiger partial charge >= 0.3 is 0 Å². The SMILES string of the molecule is CCOc1cc(/C=C2\SC(=O)N(c3cccc(O)c3)C2=O)ccc1O. The molecule has 0 unspecified atom stereocenters. The molecule has 3 rings (SSSR count). The lowest BCUT2D eigenvalue weighted by Crippen LogP contribution is -2.27. The molecule has 1 fully saturated rings. The molecule has 0 bridgehead atoms. The van der Waals surface area contributed by atoms with Crippen LogP contribution >= 0.6 is 11.8 Å². The summed E-state index contributed by atoms with van der Waals surface area (Å²) in [5, 5.41) is 18.8. The zero-order valence-electron chi connectivity index (χ0n) is 13.3. The molecule has 1 aliphatic heterocycles. The maximum atomic E-state index is 12.6. The van der Waals surface area contributed by atoms with E-state index in [1.165, 1.54) is 18.2 Å². The van der Waals surface area contributed by atoms with E-state index < -0.39 is 11.1 Å². The summed E-state index contributed by atoms with van der Waals surface area (Å²) in [6.45, 7) is 2.19. The van der Waals surface area contributed by atoms with Gasteiger partial charge in [0.05, 0.1) is 17.2 Å². The molecule has 2 N–H and O–H groups in total. The molecule has 1 heterocycles. The number of thioether (sulfide) groups is 1. The Morgan fingerprint density at radius 1 is 1.16 bits per heavy atom. The summed E-state index contributed by atoms with van der Waals surface area (Å²) in [6, 6.07) is 10.6. The van der Waals surface area contributed by atoms with Crippen molar-refractivity contribution in [2.45, 2.75) is 6.92 Å². The van der Waals surface area contributed by atoms with Crippen molar-refractivity contribution >= 4 is 34.7 Å². The van der Waals surface area contributed by atoms with Gasteiger partial charge in [-0.2, -0.15) is 0 Å². The van der Waals surface area contributed by atoms with Crippen LogP contribution in [0.5, 0.6) is 17.2 Å². The number of hydrogen-bond donors (Lipinski definition) is 2. The molecule has 128 valence electrons. The van der Waals surface area contributed by atoms with Crippen molar-refractivity contribution in [3.63, 3.8) is 0 Å². The average molecular weight is 357 g/mol. The van der Waals surface area contributed by atoms with E-state index in [1.54, 1.807) is 37.3 Å². The van der Waals surface area contributed by atoms with Gasteiger partial charge in [0.1, 0.15) is 5.75 Å². The minimum absolute atomic E-state index is 0.00636. The molecule has 0 radical (unpaired) electrons. The van der Waals surface area contributed by atoms with Crippen molar-refractivity contribution in [3.8, 4) is 17.2 Å². The molecular formula is C18H15NO5S. The highest BCUT2D eigenvalue weighted by Crippen LogP contribution is 2.37. The number of nitrogens with zero attached hydrogens (tertiary/aromatic N) is 1. The zero-order chi connectivity index (χ0) is 18.0. The fourth-order valence-corrected chi connectivity index (χ4v) is 3.21. The number of hydrogen-bond acceptors (Lipinski definition) is 6. The van der Waals surface area contributed by atoms with Crippen molar-refractivity contribution in [3.05, 3.63) is 52.9 Å². The number of amides is 2. The second-order valence-corrected chi connectivity index (χ2v) is 6.19. The highest BCUT2D eigenvalue weighted by Gasteiger charge is 2.36. The Hall–Kier alpha value is -2.93.